The molecule has 0 spiro atoms. The summed E-state index contributed by atoms with van der Waals surface area (Å²) in [6.45, 7) is 1.47. The van der Waals surface area contributed by atoms with Gasteiger partial charge < -0.3 is 16.0 Å². The summed E-state index contributed by atoms with van der Waals surface area (Å²) in [4.78, 5) is 35.7. The second-order valence-corrected chi connectivity index (χ2v) is 7.22. The van der Waals surface area contributed by atoms with E-state index in [1.54, 1.807) is 30.3 Å². The van der Waals surface area contributed by atoms with Crippen LogP contribution in [-0.2, 0) is 9.59 Å². The van der Waals surface area contributed by atoms with Crippen LogP contribution >= 0.6 is 31.9 Å². The molecule has 0 aliphatic rings. The summed E-state index contributed by atoms with van der Waals surface area (Å²) < 4.78 is 1.56. The Kier molecular flexibility index (Phi) is 7.35. The third kappa shape index (κ3) is 5.96. The lowest BCUT2D eigenvalue weighted by Gasteiger charge is -2.10. The van der Waals surface area contributed by atoms with Gasteiger partial charge in [-0.2, -0.15) is 0 Å². The quantitative estimate of drug-likeness (QED) is 0.591. The minimum Gasteiger partial charge on any atom is -0.345 e. The maximum absolute atomic E-state index is 12.0. The number of anilines is 1. The summed E-state index contributed by atoms with van der Waals surface area (Å²) in [5.41, 5.74) is 2.01. The van der Waals surface area contributed by atoms with Crippen LogP contribution in [-0.4, -0.2) is 30.8 Å². The first-order chi connectivity index (χ1) is 12.4. The van der Waals surface area contributed by atoms with Crippen molar-refractivity contribution in [2.24, 2.45) is 0 Å². The summed E-state index contributed by atoms with van der Waals surface area (Å²) >= 11 is 6.63. The first-order valence-corrected chi connectivity index (χ1v) is 9.31. The molecule has 0 aliphatic heterocycles. The molecule has 2 rings (SSSR count). The van der Waals surface area contributed by atoms with Crippen molar-refractivity contribution in [3.8, 4) is 0 Å². The van der Waals surface area contributed by atoms with E-state index in [2.05, 4.69) is 47.8 Å². The lowest BCUT2D eigenvalue weighted by molar-refractivity contribution is -0.123. The number of aryl methyl sites for hydroxylation is 1. The fourth-order valence-electron chi connectivity index (χ4n) is 2.10. The summed E-state index contributed by atoms with van der Waals surface area (Å²) in [7, 11) is 0. The Bertz CT molecular complexity index is 840. The average molecular weight is 483 g/mol. The minimum atomic E-state index is -0.451. The van der Waals surface area contributed by atoms with Crippen molar-refractivity contribution in [2.45, 2.75) is 6.92 Å². The number of halogens is 2. The minimum absolute atomic E-state index is 0.181. The van der Waals surface area contributed by atoms with E-state index in [1.165, 1.54) is 0 Å². The largest absolute Gasteiger partial charge is 0.345 e. The second-order valence-electron chi connectivity index (χ2n) is 5.45. The molecule has 0 heterocycles. The molecule has 8 heteroatoms. The van der Waals surface area contributed by atoms with Crippen LogP contribution < -0.4 is 16.0 Å². The Morgan fingerprint density at radius 2 is 1.62 bits per heavy atom. The summed E-state index contributed by atoms with van der Waals surface area (Å²) in [6.07, 6.45) is 0. The molecule has 6 nitrogen and oxygen atoms in total. The average Bonchev–Trinajstić information content (AvgIpc) is 2.60. The molecule has 2 aromatic rings. The van der Waals surface area contributed by atoms with Crippen molar-refractivity contribution in [3.05, 3.63) is 62.5 Å². The zero-order valence-corrected chi connectivity index (χ0v) is 17.1. The molecule has 0 atom stereocenters. The fraction of sp³-hybridized carbons (Fsp3) is 0.167. The lowest BCUT2D eigenvalue weighted by atomic mass is 10.2. The zero-order chi connectivity index (χ0) is 19.1. The van der Waals surface area contributed by atoms with E-state index in [0.717, 1.165) is 10.0 Å². The highest BCUT2D eigenvalue weighted by Crippen LogP contribution is 2.19. The molecule has 136 valence electrons. The van der Waals surface area contributed by atoms with E-state index in [4.69, 9.17) is 0 Å². The molecule has 0 saturated heterocycles. The Balaban J connectivity index is 1.77. The third-order valence-electron chi connectivity index (χ3n) is 3.44. The molecule has 0 aromatic heterocycles. The van der Waals surface area contributed by atoms with Gasteiger partial charge in [-0.1, -0.05) is 28.1 Å². The van der Waals surface area contributed by atoms with Crippen LogP contribution in [0.2, 0.25) is 0 Å². The van der Waals surface area contributed by atoms with Gasteiger partial charge in [-0.15, -0.1) is 0 Å². The lowest BCUT2D eigenvalue weighted by Crippen LogP contribution is -2.40. The van der Waals surface area contributed by atoms with E-state index in [9.17, 15) is 14.4 Å². The maximum atomic E-state index is 12.0. The molecule has 2 aromatic carbocycles. The van der Waals surface area contributed by atoms with Crippen molar-refractivity contribution >= 4 is 55.3 Å². The fourth-order valence-corrected chi connectivity index (χ4v) is 3.04. The Labute approximate surface area is 168 Å². The van der Waals surface area contributed by atoms with Gasteiger partial charge in [-0.3, -0.25) is 14.4 Å². The summed E-state index contributed by atoms with van der Waals surface area (Å²) in [6, 6.07) is 12.4. The van der Waals surface area contributed by atoms with Crippen LogP contribution in [0.25, 0.3) is 0 Å². The molecular weight excluding hydrogens is 466 g/mol. The number of carbonyl (C=O) groups is 3. The topological polar surface area (TPSA) is 87.3 Å². The second kappa shape index (κ2) is 9.49. The molecule has 26 heavy (non-hydrogen) atoms. The van der Waals surface area contributed by atoms with Crippen LogP contribution in [0.4, 0.5) is 5.69 Å². The van der Waals surface area contributed by atoms with Crippen LogP contribution in [0.1, 0.15) is 15.9 Å². The normalized spacial score (nSPS) is 10.1. The van der Waals surface area contributed by atoms with E-state index < -0.39 is 5.91 Å². The molecular formula is C18H17Br2N3O3. The highest BCUT2D eigenvalue weighted by atomic mass is 79.9. The van der Waals surface area contributed by atoms with Crippen LogP contribution in [0.15, 0.2) is 51.4 Å². The predicted octanol–water partition coefficient (Wildman–Crippen LogP) is 3.00. The number of carbonyl (C=O) groups excluding carboxylic acids is 3. The molecule has 0 bridgehead atoms. The molecule has 0 unspecified atom stereocenters. The smallest absolute Gasteiger partial charge is 0.252 e. The van der Waals surface area contributed by atoms with E-state index in [1.807, 2.05) is 19.1 Å². The van der Waals surface area contributed by atoms with Gasteiger partial charge >= 0.3 is 0 Å². The van der Waals surface area contributed by atoms with Gasteiger partial charge in [0.1, 0.15) is 0 Å². The predicted molar refractivity (Wildman–Crippen MR) is 107 cm³/mol. The molecule has 0 aliphatic carbocycles. The van der Waals surface area contributed by atoms with Gasteiger partial charge in [0.15, 0.2) is 0 Å². The Morgan fingerprint density at radius 1 is 0.923 bits per heavy atom. The van der Waals surface area contributed by atoms with E-state index >= 15 is 0 Å². The third-order valence-corrected chi connectivity index (χ3v) is 4.62. The van der Waals surface area contributed by atoms with E-state index in [-0.39, 0.29) is 24.9 Å². The first kappa shape index (κ1) is 20.1. The molecule has 0 fully saturated rings. The van der Waals surface area contributed by atoms with Gasteiger partial charge in [-0.25, -0.2) is 0 Å². The van der Waals surface area contributed by atoms with Crippen molar-refractivity contribution in [1.82, 2.24) is 10.6 Å². The van der Waals surface area contributed by atoms with Crippen molar-refractivity contribution in [3.63, 3.8) is 0 Å². The number of benzene rings is 2. The van der Waals surface area contributed by atoms with Crippen LogP contribution in [0, 0.1) is 6.92 Å². The van der Waals surface area contributed by atoms with E-state index in [0.29, 0.717) is 15.7 Å². The monoisotopic (exact) mass is 481 g/mol. The Hall–Kier alpha value is -2.19. The van der Waals surface area contributed by atoms with Crippen molar-refractivity contribution in [2.75, 3.05) is 18.4 Å². The SMILES string of the molecule is Cc1cc(Br)ccc1NC(=O)CNC(=O)CNC(=O)c1ccccc1Br. The van der Waals surface area contributed by atoms with Gasteiger partial charge in [0.05, 0.1) is 18.7 Å². The molecule has 3 N–H and O–H groups in total. The van der Waals surface area contributed by atoms with Crippen molar-refractivity contribution < 1.29 is 14.4 Å². The summed E-state index contributed by atoms with van der Waals surface area (Å²) in [5, 5.41) is 7.70. The number of nitrogens with one attached hydrogen (secondary N) is 3. The molecule has 3 amide bonds. The number of hydrogen-bond donors (Lipinski definition) is 3. The molecule has 0 radical (unpaired) electrons. The molecule has 0 saturated carbocycles. The van der Waals surface area contributed by atoms with Gasteiger partial charge in [0.25, 0.3) is 5.91 Å². The highest BCUT2D eigenvalue weighted by Gasteiger charge is 2.12. The van der Waals surface area contributed by atoms with Gasteiger partial charge in [0.2, 0.25) is 11.8 Å². The Morgan fingerprint density at radius 3 is 2.31 bits per heavy atom. The number of rotatable bonds is 6. The van der Waals surface area contributed by atoms with Gasteiger partial charge in [0, 0.05) is 14.6 Å². The van der Waals surface area contributed by atoms with Gasteiger partial charge in [-0.05, 0) is 58.7 Å². The summed E-state index contributed by atoms with van der Waals surface area (Å²) in [5.74, 6) is -1.17. The van der Waals surface area contributed by atoms with Crippen molar-refractivity contribution in [1.29, 1.82) is 0 Å². The maximum Gasteiger partial charge on any atom is 0.252 e. The van der Waals surface area contributed by atoms with Crippen LogP contribution in [0.3, 0.4) is 0 Å². The number of hydrogen-bond acceptors (Lipinski definition) is 3. The highest BCUT2D eigenvalue weighted by molar-refractivity contribution is 9.10. The number of amides is 3. The first-order valence-electron chi connectivity index (χ1n) is 7.72. The zero-order valence-electron chi connectivity index (χ0n) is 13.9. The van der Waals surface area contributed by atoms with Crippen LogP contribution in [0.5, 0.6) is 0 Å². The standard InChI is InChI=1S/C18H17Br2N3O3/c1-11-8-12(19)6-7-15(11)23-17(25)10-21-16(24)9-22-18(26)13-4-2-3-5-14(13)20/h2-8H,9-10H2,1H3,(H,21,24)(H,22,26)(H,23,25).